The molecule has 104 valence electrons. The number of nitro groups is 1. The monoisotopic (exact) mass is 386 g/mol. The summed E-state index contributed by atoms with van der Waals surface area (Å²) in [5.41, 5.74) is 1.07. The van der Waals surface area contributed by atoms with Gasteiger partial charge in [-0.2, -0.15) is 0 Å². The number of halogens is 1. The smallest absolute Gasteiger partial charge is 0.292 e. The highest BCUT2D eigenvalue weighted by molar-refractivity contribution is 14.1. The van der Waals surface area contributed by atoms with Crippen molar-refractivity contribution in [2.24, 2.45) is 0 Å². The average Bonchev–Trinajstić information content (AvgIpc) is 2.43. The maximum atomic E-state index is 11.9. The van der Waals surface area contributed by atoms with Crippen molar-refractivity contribution in [2.75, 3.05) is 12.4 Å². The number of nitrogens with zero attached hydrogens (tertiary/aromatic N) is 3. The van der Waals surface area contributed by atoms with Crippen LogP contribution in [0.15, 0.2) is 35.5 Å². The molecule has 0 spiro atoms. The molecule has 0 aliphatic carbocycles. The minimum Gasteiger partial charge on any atom is -0.383 e. The first-order chi connectivity index (χ1) is 9.52. The summed E-state index contributed by atoms with van der Waals surface area (Å²) in [6.45, 7) is 0.315. The Balaban J connectivity index is 2.37. The average molecular weight is 386 g/mol. The molecule has 1 N–H and O–H groups in total. The molecule has 0 aliphatic heterocycles. The Hall–Kier alpha value is -1.97. The van der Waals surface area contributed by atoms with Crippen LogP contribution in [0.5, 0.6) is 0 Å². The lowest BCUT2D eigenvalue weighted by Crippen LogP contribution is -2.22. The van der Waals surface area contributed by atoms with Crippen molar-refractivity contribution in [3.8, 4) is 0 Å². The molecule has 2 rings (SSSR count). The van der Waals surface area contributed by atoms with Gasteiger partial charge in [0.2, 0.25) is 0 Å². The first-order valence-electron chi connectivity index (χ1n) is 5.68. The second-order valence-corrected chi connectivity index (χ2v) is 5.20. The number of rotatable bonds is 4. The Morgan fingerprint density at radius 2 is 2.25 bits per heavy atom. The van der Waals surface area contributed by atoms with Crippen LogP contribution in [-0.4, -0.2) is 21.5 Å². The van der Waals surface area contributed by atoms with E-state index in [0.29, 0.717) is 15.8 Å². The third kappa shape index (κ3) is 2.95. The van der Waals surface area contributed by atoms with Gasteiger partial charge in [-0.3, -0.25) is 19.5 Å². The highest BCUT2D eigenvalue weighted by Gasteiger charge is 2.13. The van der Waals surface area contributed by atoms with Gasteiger partial charge in [-0.05, 0) is 34.2 Å². The van der Waals surface area contributed by atoms with Gasteiger partial charge in [0.15, 0.2) is 0 Å². The van der Waals surface area contributed by atoms with Crippen LogP contribution in [0.25, 0.3) is 0 Å². The van der Waals surface area contributed by atoms with E-state index in [-0.39, 0.29) is 11.2 Å². The van der Waals surface area contributed by atoms with E-state index in [1.807, 2.05) is 22.6 Å². The van der Waals surface area contributed by atoms with Crippen LogP contribution in [0.1, 0.15) is 5.56 Å². The predicted molar refractivity (Wildman–Crippen MR) is 83.0 cm³/mol. The fourth-order valence-corrected chi connectivity index (χ4v) is 2.25. The maximum Gasteiger partial charge on any atom is 0.292 e. The zero-order valence-corrected chi connectivity index (χ0v) is 12.7. The van der Waals surface area contributed by atoms with E-state index in [2.05, 4.69) is 10.3 Å². The number of nitrogens with one attached hydrogen (secondary N) is 1. The molecule has 0 fully saturated rings. The molecule has 0 bridgehead atoms. The summed E-state index contributed by atoms with van der Waals surface area (Å²) in [5.74, 6) is 0. The van der Waals surface area contributed by atoms with Gasteiger partial charge in [0.05, 0.1) is 21.4 Å². The van der Waals surface area contributed by atoms with Crippen molar-refractivity contribution >= 4 is 34.0 Å². The number of hydrogen-bond acceptors (Lipinski definition) is 5. The highest BCUT2D eigenvalue weighted by Crippen LogP contribution is 2.25. The molecule has 0 amide bonds. The molecule has 20 heavy (non-hydrogen) atoms. The van der Waals surface area contributed by atoms with E-state index in [0.717, 1.165) is 5.56 Å². The Labute approximate surface area is 127 Å². The van der Waals surface area contributed by atoms with Crippen molar-refractivity contribution < 1.29 is 4.92 Å². The normalized spacial score (nSPS) is 10.3. The lowest BCUT2D eigenvalue weighted by atomic mass is 10.1. The Kier molecular flexibility index (Phi) is 4.32. The zero-order chi connectivity index (χ0) is 14.7. The van der Waals surface area contributed by atoms with Crippen LogP contribution >= 0.6 is 22.6 Å². The van der Waals surface area contributed by atoms with Crippen molar-refractivity contribution in [2.45, 2.75) is 6.54 Å². The fourth-order valence-electron chi connectivity index (χ4n) is 1.77. The van der Waals surface area contributed by atoms with Gasteiger partial charge in [-0.1, -0.05) is 6.07 Å². The van der Waals surface area contributed by atoms with Gasteiger partial charge in [-0.15, -0.1) is 0 Å². The molecular formula is C12H11IN4O3. The van der Waals surface area contributed by atoms with Crippen molar-refractivity contribution in [1.29, 1.82) is 0 Å². The summed E-state index contributed by atoms with van der Waals surface area (Å²) in [4.78, 5) is 26.3. The van der Waals surface area contributed by atoms with Gasteiger partial charge in [0.25, 0.3) is 11.2 Å². The summed E-state index contributed by atoms with van der Waals surface area (Å²) in [7, 11) is 1.62. The molecule has 0 saturated carbocycles. The Bertz CT molecular complexity index is 714. The summed E-state index contributed by atoms with van der Waals surface area (Å²) in [6.07, 6.45) is 2.94. The van der Waals surface area contributed by atoms with Gasteiger partial charge >= 0.3 is 0 Å². The number of nitro benzene ring substituents is 1. The second kappa shape index (κ2) is 5.99. The molecule has 8 heteroatoms. The number of aromatic nitrogens is 2. The molecule has 0 unspecified atom stereocenters. The second-order valence-electron chi connectivity index (χ2n) is 4.03. The van der Waals surface area contributed by atoms with E-state index < -0.39 is 4.92 Å². The molecule has 0 saturated heterocycles. The van der Waals surface area contributed by atoms with E-state index in [1.54, 1.807) is 19.2 Å². The SMILES string of the molecule is CNc1cc(Cn2cncc(I)c2=O)ccc1[N+](=O)[O-]. The number of anilines is 1. The Morgan fingerprint density at radius 3 is 2.90 bits per heavy atom. The number of benzene rings is 1. The quantitative estimate of drug-likeness (QED) is 0.492. The molecule has 1 heterocycles. The maximum absolute atomic E-state index is 11.9. The van der Waals surface area contributed by atoms with Crippen LogP contribution in [-0.2, 0) is 6.54 Å². The zero-order valence-electron chi connectivity index (χ0n) is 10.5. The van der Waals surface area contributed by atoms with E-state index in [1.165, 1.54) is 23.2 Å². The summed E-state index contributed by atoms with van der Waals surface area (Å²) >= 11 is 1.92. The van der Waals surface area contributed by atoms with Gasteiger partial charge in [-0.25, -0.2) is 4.98 Å². The van der Waals surface area contributed by atoms with Crippen LogP contribution in [0.2, 0.25) is 0 Å². The molecule has 1 aromatic carbocycles. The fraction of sp³-hybridized carbons (Fsp3) is 0.167. The predicted octanol–water partition coefficient (Wildman–Crippen LogP) is 1.85. The molecule has 2 aromatic rings. The van der Waals surface area contributed by atoms with E-state index >= 15 is 0 Å². The Morgan fingerprint density at radius 1 is 1.50 bits per heavy atom. The van der Waals surface area contributed by atoms with Crippen LogP contribution < -0.4 is 10.9 Å². The summed E-state index contributed by atoms with van der Waals surface area (Å²) in [5, 5.41) is 13.6. The minimum atomic E-state index is -0.450. The van der Waals surface area contributed by atoms with Gasteiger partial charge in [0, 0.05) is 19.3 Å². The summed E-state index contributed by atoms with van der Waals surface area (Å²) < 4.78 is 1.99. The molecular weight excluding hydrogens is 375 g/mol. The number of hydrogen-bond donors (Lipinski definition) is 1. The van der Waals surface area contributed by atoms with Crippen molar-refractivity contribution in [3.63, 3.8) is 0 Å². The lowest BCUT2D eigenvalue weighted by molar-refractivity contribution is -0.383. The van der Waals surface area contributed by atoms with Crippen molar-refractivity contribution in [1.82, 2.24) is 9.55 Å². The largest absolute Gasteiger partial charge is 0.383 e. The lowest BCUT2D eigenvalue weighted by Gasteiger charge is -2.08. The molecule has 0 radical (unpaired) electrons. The van der Waals surface area contributed by atoms with E-state index in [4.69, 9.17) is 0 Å². The first kappa shape index (κ1) is 14.4. The van der Waals surface area contributed by atoms with E-state index in [9.17, 15) is 14.9 Å². The molecule has 7 nitrogen and oxygen atoms in total. The highest BCUT2D eigenvalue weighted by atomic mass is 127. The molecule has 0 atom stereocenters. The van der Waals surface area contributed by atoms with Crippen LogP contribution in [0.4, 0.5) is 11.4 Å². The first-order valence-corrected chi connectivity index (χ1v) is 6.76. The van der Waals surface area contributed by atoms with Crippen LogP contribution in [0.3, 0.4) is 0 Å². The van der Waals surface area contributed by atoms with Crippen molar-refractivity contribution in [3.05, 3.63) is 60.3 Å². The van der Waals surface area contributed by atoms with Gasteiger partial charge in [0.1, 0.15) is 5.69 Å². The van der Waals surface area contributed by atoms with Gasteiger partial charge < -0.3 is 5.32 Å². The summed E-state index contributed by atoms with van der Waals surface area (Å²) in [6, 6.07) is 4.71. The molecule has 1 aromatic heterocycles. The third-order valence-electron chi connectivity index (χ3n) is 2.74. The topological polar surface area (TPSA) is 90.1 Å². The standard InChI is InChI=1S/C12H11IN4O3/c1-14-10-4-8(2-3-11(10)17(19)20)6-16-7-15-5-9(13)12(16)18/h2-5,7,14H,6H2,1H3. The molecule has 0 aliphatic rings. The minimum absolute atomic E-state index is 0.00404. The van der Waals surface area contributed by atoms with Crippen LogP contribution in [0, 0.1) is 13.7 Å². The third-order valence-corrected chi connectivity index (χ3v) is 3.48.